The number of hydrogen-bond donors (Lipinski definition) is 2. The van der Waals surface area contributed by atoms with Gasteiger partial charge in [0.05, 0.1) is 24.5 Å². The molecule has 1 aliphatic carbocycles. The first-order chi connectivity index (χ1) is 7.97. The molecule has 0 aliphatic heterocycles. The Morgan fingerprint density at radius 3 is 2.47 bits per heavy atom. The van der Waals surface area contributed by atoms with Gasteiger partial charge in [0.1, 0.15) is 0 Å². The average Bonchev–Trinajstić information content (AvgIpc) is 3.03. The Bertz CT molecular complexity index is 290. The van der Waals surface area contributed by atoms with E-state index in [9.17, 15) is 9.59 Å². The van der Waals surface area contributed by atoms with Gasteiger partial charge in [-0.15, -0.1) is 0 Å². The minimum Gasteiger partial charge on any atom is -0.481 e. The van der Waals surface area contributed by atoms with E-state index in [0.29, 0.717) is 19.6 Å². The molecule has 3 unspecified atom stereocenters. The minimum atomic E-state index is -0.879. The van der Waals surface area contributed by atoms with Crippen LogP contribution in [0.25, 0.3) is 0 Å². The zero-order chi connectivity index (χ0) is 13.0. The van der Waals surface area contributed by atoms with E-state index < -0.39 is 11.9 Å². The molecular formula is C12H21NO4. The minimum absolute atomic E-state index is 0.0440. The third-order valence-corrected chi connectivity index (χ3v) is 3.08. The van der Waals surface area contributed by atoms with Crippen molar-refractivity contribution in [1.29, 1.82) is 0 Å². The molecule has 0 heterocycles. The van der Waals surface area contributed by atoms with Gasteiger partial charge in [0.2, 0.25) is 5.91 Å². The van der Waals surface area contributed by atoms with Gasteiger partial charge in [-0.05, 0) is 19.3 Å². The number of carboxylic acids is 1. The van der Waals surface area contributed by atoms with Crippen LogP contribution in [0, 0.1) is 17.8 Å². The van der Waals surface area contributed by atoms with E-state index in [1.165, 1.54) is 0 Å². The lowest BCUT2D eigenvalue weighted by Gasteiger charge is -2.22. The van der Waals surface area contributed by atoms with Gasteiger partial charge >= 0.3 is 5.97 Å². The van der Waals surface area contributed by atoms with E-state index in [-0.39, 0.29) is 23.8 Å². The molecule has 1 rings (SSSR count). The predicted octanol–water partition coefficient (Wildman–Crippen LogP) is 0.884. The van der Waals surface area contributed by atoms with Crippen molar-refractivity contribution in [1.82, 2.24) is 5.32 Å². The van der Waals surface area contributed by atoms with Gasteiger partial charge in [-0.25, -0.2) is 0 Å². The van der Waals surface area contributed by atoms with Crippen molar-refractivity contribution in [2.24, 2.45) is 17.8 Å². The van der Waals surface area contributed by atoms with Gasteiger partial charge in [-0.1, -0.05) is 13.8 Å². The quantitative estimate of drug-likeness (QED) is 0.696. The highest BCUT2D eigenvalue weighted by Crippen LogP contribution is 2.38. The maximum absolute atomic E-state index is 11.8. The van der Waals surface area contributed by atoms with Crippen LogP contribution in [0.4, 0.5) is 0 Å². The summed E-state index contributed by atoms with van der Waals surface area (Å²) in [5.41, 5.74) is 0. The zero-order valence-electron chi connectivity index (χ0n) is 10.6. The number of aliphatic carboxylic acids is 1. The topological polar surface area (TPSA) is 75.6 Å². The van der Waals surface area contributed by atoms with Crippen molar-refractivity contribution in [3.63, 3.8) is 0 Å². The van der Waals surface area contributed by atoms with Crippen LogP contribution in [0.2, 0.25) is 0 Å². The second-order valence-electron chi connectivity index (χ2n) is 4.81. The van der Waals surface area contributed by atoms with E-state index in [0.717, 1.165) is 0 Å². The number of ether oxygens (including phenoxy) is 1. The van der Waals surface area contributed by atoms with E-state index in [2.05, 4.69) is 5.32 Å². The molecule has 0 saturated heterocycles. The van der Waals surface area contributed by atoms with Gasteiger partial charge in [-0.3, -0.25) is 9.59 Å². The fraction of sp³-hybridized carbons (Fsp3) is 0.833. The SMILES string of the molecule is CCOCC(NC(=O)C1CC1C(=O)O)C(C)C. The number of carbonyl (C=O) groups excluding carboxylic acids is 1. The van der Waals surface area contributed by atoms with Crippen LogP contribution in [0.1, 0.15) is 27.2 Å². The molecule has 2 N–H and O–H groups in total. The van der Waals surface area contributed by atoms with Crippen molar-refractivity contribution >= 4 is 11.9 Å². The van der Waals surface area contributed by atoms with E-state index >= 15 is 0 Å². The smallest absolute Gasteiger partial charge is 0.307 e. The molecule has 1 amide bonds. The van der Waals surface area contributed by atoms with Crippen molar-refractivity contribution in [3.05, 3.63) is 0 Å². The Morgan fingerprint density at radius 1 is 1.41 bits per heavy atom. The van der Waals surface area contributed by atoms with Crippen molar-refractivity contribution in [2.45, 2.75) is 33.2 Å². The van der Waals surface area contributed by atoms with Crippen LogP contribution in [-0.2, 0) is 14.3 Å². The first-order valence-electron chi connectivity index (χ1n) is 6.08. The highest BCUT2D eigenvalue weighted by Gasteiger charge is 2.48. The van der Waals surface area contributed by atoms with E-state index in [1.54, 1.807) is 0 Å². The largest absolute Gasteiger partial charge is 0.481 e. The lowest BCUT2D eigenvalue weighted by atomic mass is 10.1. The van der Waals surface area contributed by atoms with Crippen molar-refractivity contribution in [2.75, 3.05) is 13.2 Å². The molecule has 0 aromatic rings. The van der Waals surface area contributed by atoms with Crippen molar-refractivity contribution in [3.8, 4) is 0 Å². The Hall–Kier alpha value is -1.10. The first kappa shape index (κ1) is 14.0. The molecule has 98 valence electrons. The second-order valence-corrected chi connectivity index (χ2v) is 4.81. The summed E-state index contributed by atoms with van der Waals surface area (Å²) in [6.07, 6.45) is 0.459. The van der Waals surface area contributed by atoms with Gasteiger partial charge in [0.15, 0.2) is 0 Å². The third kappa shape index (κ3) is 4.00. The number of hydrogen-bond acceptors (Lipinski definition) is 3. The molecule has 1 saturated carbocycles. The van der Waals surface area contributed by atoms with Crippen LogP contribution in [0.5, 0.6) is 0 Å². The molecule has 0 aromatic heterocycles. The summed E-state index contributed by atoms with van der Waals surface area (Å²) in [4.78, 5) is 22.4. The van der Waals surface area contributed by atoms with E-state index in [4.69, 9.17) is 9.84 Å². The van der Waals surface area contributed by atoms with Crippen LogP contribution in [0.3, 0.4) is 0 Å². The summed E-state index contributed by atoms with van der Waals surface area (Å²) in [6, 6.07) is -0.0440. The van der Waals surface area contributed by atoms with Crippen LogP contribution < -0.4 is 5.32 Å². The van der Waals surface area contributed by atoms with Crippen LogP contribution in [-0.4, -0.2) is 36.2 Å². The molecule has 5 heteroatoms. The summed E-state index contributed by atoms with van der Waals surface area (Å²) in [6.45, 7) is 7.00. The summed E-state index contributed by atoms with van der Waals surface area (Å²) < 4.78 is 5.30. The molecule has 0 aromatic carbocycles. The number of carboxylic acid groups (broad SMARTS) is 1. The number of carbonyl (C=O) groups is 2. The number of rotatable bonds is 7. The Labute approximate surface area is 102 Å². The van der Waals surface area contributed by atoms with Crippen LogP contribution >= 0.6 is 0 Å². The summed E-state index contributed by atoms with van der Waals surface area (Å²) >= 11 is 0. The normalized spacial score (nSPS) is 24.5. The van der Waals surface area contributed by atoms with Gasteiger partial charge in [0, 0.05) is 6.61 Å². The Balaban J connectivity index is 2.40. The zero-order valence-corrected chi connectivity index (χ0v) is 10.6. The predicted molar refractivity (Wildman–Crippen MR) is 62.5 cm³/mol. The molecule has 0 radical (unpaired) electrons. The van der Waals surface area contributed by atoms with Gasteiger partial charge in [-0.2, -0.15) is 0 Å². The maximum Gasteiger partial charge on any atom is 0.307 e. The Kier molecular flexibility index (Phi) is 4.93. The third-order valence-electron chi connectivity index (χ3n) is 3.08. The van der Waals surface area contributed by atoms with Gasteiger partial charge in [0.25, 0.3) is 0 Å². The highest BCUT2D eigenvalue weighted by molar-refractivity contribution is 5.89. The van der Waals surface area contributed by atoms with Gasteiger partial charge < -0.3 is 15.2 Å². The monoisotopic (exact) mass is 243 g/mol. The number of amides is 1. The maximum atomic E-state index is 11.8. The highest BCUT2D eigenvalue weighted by atomic mass is 16.5. The number of nitrogens with one attached hydrogen (secondary N) is 1. The molecule has 3 atom stereocenters. The Morgan fingerprint density at radius 2 is 2.06 bits per heavy atom. The fourth-order valence-electron chi connectivity index (χ4n) is 1.69. The fourth-order valence-corrected chi connectivity index (χ4v) is 1.69. The van der Waals surface area contributed by atoms with Crippen molar-refractivity contribution < 1.29 is 19.4 Å². The molecule has 5 nitrogen and oxygen atoms in total. The van der Waals surface area contributed by atoms with E-state index in [1.807, 2.05) is 20.8 Å². The molecule has 0 bridgehead atoms. The van der Waals surface area contributed by atoms with Crippen LogP contribution in [0.15, 0.2) is 0 Å². The molecule has 0 spiro atoms. The summed E-state index contributed by atoms with van der Waals surface area (Å²) in [5.74, 6) is -1.61. The lowest BCUT2D eigenvalue weighted by molar-refractivity contribution is -0.140. The molecular weight excluding hydrogens is 222 g/mol. The second kappa shape index (κ2) is 6.00. The summed E-state index contributed by atoms with van der Waals surface area (Å²) in [7, 11) is 0. The first-order valence-corrected chi connectivity index (χ1v) is 6.08. The summed E-state index contributed by atoms with van der Waals surface area (Å²) in [5, 5.41) is 11.6. The molecule has 1 fully saturated rings. The molecule has 17 heavy (non-hydrogen) atoms. The standard InChI is InChI=1S/C12H21NO4/c1-4-17-6-10(7(2)3)13-11(14)8-5-9(8)12(15)16/h7-10H,4-6H2,1-3H3,(H,13,14)(H,15,16). The molecule has 1 aliphatic rings. The lowest BCUT2D eigenvalue weighted by Crippen LogP contribution is -2.43. The average molecular weight is 243 g/mol.